The molecule has 0 unspecified atom stereocenters. The van der Waals surface area contributed by atoms with Gasteiger partial charge in [0.25, 0.3) is 5.91 Å². The standard InChI is InChI=1S/C34H42FN5O10S/c1-19-8-4-5-9-21-15-34(21,31(43)39-51(46,47)33(18-35)12-13-33)38-28(41)25-14-22(17-40(25)30(42)27(20(2)49-19)37-32(44)45)50-29-24-11-7-6-10-23(24)26(48-3)16-36-29/h5-7,9-11,16,19-22,25,27,37H,4,8,12-15,17-18H2,1-3H3,(H,38,41)(H,39,43)(H,44,45)/b9-5-/t19-,20+,21-,22-,25+,27+,34-/m1/s1. The van der Waals surface area contributed by atoms with Crippen molar-refractivity contribution in [2.45, 2.75) is 93.1 Å². The average molecular weight is 732 g/mol. The number of amides is 4. The smallest absolute Gasteiger partial charge is 0.405 e. The van der Waals surface area contributed by atoms with E-state index in [9.17, 15) is 37.1 Å². The van der Waals surface area contributed by atoms with Crippen LogP contribution in [-0.4, -0.2) is 108 Å². The van der Waals surface area contributed by atoms with Crippen molar-refractivity contribution in [3.05, 3.63) is 42.6 Å². The molecule has 4 amide bonds. The van der Waals surface area contributed by atoms with Crippen LogP contribution in [0.15, 0.2) is 42.6 Å². The number of rotatable bonds is 8. The third-order valence-corrected chi connectivity index (χ3v) is 12.4. The van der Waals surface area contributed by atoms with Gasteiger partial charge in [0.05, 0.1) is 32.1 Å². The molecule has 51 heavy (non-hydrogen) atoms. The molecule has 1 aromatic heterocycles. The summed E-state index contributed by atoms with van der Waals surface area (Å²) < 4.78 is 58.0. The Balaban J connectivity index is 1.34. The number of sulfonamides is 1. The van der Waals surface area contributed by atoms with Gasteiger partial charge in [-0.1, -0.05) is 30.4 Å². The van der Waals surface area contributed by atoms with E-state index < -0.39 is 87.1 Å². The summed E-state index contributed by atoms with van der Waals surface area (Å²) in [6.07, 6.45) is 2.46. The van der Waals surface area contributed by atoms with Crippen molar-refractivity contribution < 1.29 is 51.3 Å². The average Bonchev–Trinajstić information content (AvgIpc) is 4.00. The van der Waals surface area contributed by atoms with Gasteiger partial charge in [-0.25, -0.2) is 22.6 Å². The highest BCUT2D eigenvalue weighted by Gasteiger charge is 2.64. The number of ether oxygens (including phenoxy) is 3. The molecule has 3 heterocycles. The number of carbonyl (C=O) groups is 4. The van der Waals surface area contributed by atoms with Crippen LogP contribution in [0, 0.1) is 5.92 Å². The van der Waals surface area contributed by atoms with Gasteiger partial charge in [0, 0.05) is 23.1 Å². The number of methoxy groups -OCH3 is 1. The number of hydrogen-bond acceptors (Lipinski definition) is 10. The van der Waals surface area contributed by atoms with E-state index in [0.717, 1.165) is 0 Å². The lowest BCUT2D eigenvalue weighted by atomic mass is 10.1. The number of nitrogens with zero attached hydrogens (tertiary/aromatic N) is 2. The lowest BCUT2D eigenvalue weighted by molar-refractivity contribution is -0.144. The third kappa shape index (κ3) is 7.05. The number of nitrogens with one attached hydrogen (secondary N) is 3. The first-order chi connectivity index (χ1) is 24.2. The van der Waals surface area contributed by atoms with Gasteiger partial charge in [0.1, 0.15) is 40.9 Å². The molecule has 4 aliphatic rings. The van der Waals surface area contributed by atoms with Gasteiger partial charge in [-0.15, -0.1) is 0 Å². The number of alkyl halides is 1. The molecule has 17 heteroatoms. The number of hydrogen-bond donors (Lipinski definition) is 4. The Hall–Kier alpha value is -4.51. The van der Waals surface area contributed by atoms with Crippen LogP contribution in [0.2, 0.25) is 0 Å². The summed E-state index contributed by atoms with van der Waals surface area (Å²) in [5.74, 6) is -2.39. The minimum absolute atomic E-state index is 0.0633. The Bertz CT molecular complexity index is 1860. The van der Waals surface area contributed by atoms with E-state index in [1.54, 1.807) is 38.1 Å². The fourth-order valence-corrected chi connectivity index (χ4v) is 8.37. The highest BCUT2D eigenvalue weighted by Crippen LogP contribution is 2.48. The predicted octanol–water partition coefficient (Wildman–Crippen LogP) is 2.19. The lowest BCUT2D eigenvalue weighted by Crippen LogP contribution is -2.60. The summed E-state index contributed by atoms with van der Waals surface area (Å²) in [6, 6.07) is 4.54. The van der Waals surface area contributed by atoms with Crippen LogP contribution in [0.1, 0.15) is 52.4 Å². The quantitative estimate of drug-likeness (QED) is 0.290. The molecule has 2 aliphatic heterocycles. The van der Waals surface area contributed by atoms with E-state index in [1.165, 1.54) is 18.2 Å². The second-order valence-electron chi connectivity index (χ2n) is 13.8. The maximum absolute atomic E-state index is 14.2. The normalized spacial score (nSPS) is 31.2. The zero-order valence-corrected chi connectivity index (χ0v) is 29.3. The highest BCUT2D eigenvalue weighted by atomic mass is 32.2. The van der Waals surface area contributed by atoms with Crippen molar-refractivity contribution in [3.63, 3.8) is 0 Å². The summed E-state index contributed by atoms with van der Waals surface area (Å²) in [7, 11) is -2.89. The molecule has 2 saturated carbocycles. The topological polar surface area (TPSA) is 203 Å². The summed E-state index contributed by atoms with van der Waals surface area (Å²) in [5, 5.41) is 16.0. The third-order valence-electron chi connectivity index (χ3n) is 10.3. The molecule has 3 fully saturated rings. The summed E-state index contributed by atoms with van der Waals surface area (Å²) in [5.41, 5.74) is -1.69. The van der Waals surface area contributed by atoms with Gasteiger partial charge in [-0.05, 0) is 52.0 Å². The molecule has 0 bridgehead atoms. The van der Waals surface area contributed by atoms with Crippen LogP contribution < -0.4 is 24.8 Å². The van der Waals surface area contributed by atoms with Crippen molar-refractivity contribution in [2.24, 2.45) is 5.92 Å². The van der Waals surface area contributed by atoms with Gasteiger partial charge in [0.15, 0.2) is 0 Å². The van der Waals surface area contributed by atoms with Crippen LogP contribution in [0.4, 0.5) is 9.18 Å². The van der Waals surface area contributed by atoms with E-state index in [2.05, 4.69) is 15.6 Å². The Labute approximate surface area is 294 Å². The van der Waals surface area contributed by atoms with E-state index in [-0.39, 0.29) is 38.1 Å². The van der Waals surface area contributed by atoms with Crippen LogP contribution in [-0.2, 0) is 29.1 Å². The number of fused-ring (bicyclic) bond motifs is 3. The predicted molar refractivity (Wildman–Crippen MR) is 180 cm³/mol. The molecule has 0 spiro atoms. The van der Waals surface area contributed by atoms with Crippen molar-refractivity contribution >= 4 is 44.6 Å². The van der Waals surface area contributed by atoms with Crippen LogP contribution in [0.25, 0.3) is 10.8 Å². The largest absolute Gasteiger partial charge is 0.494 e. The molecular formula is C34H42FN5O10S. The molecule has 1 saturated heterocycles. The number of pyridine rings is 1. The monoisotopic (exact) mass is 731 g/mol. The summed E-state index contributed by atoms with van der Waals surface area (Å²) in [6.45, 7) is 2.04. The van der Waals surface area contributed by atoms with Crippen LogP contribution >= 0.6 is 0 Å². The first-order valence-electron chi connectivity index (χ1n) is 16.9. The highest BCUT2D eigenvalue weighted by molar-refractivity contribution is 7.91. The van der Waals surface area contributed by atoms with Gasteiger partial charge in [-0.2, -0.15) is 0 Å². The lowest BCUT2D eigenvalue weighted by Gasteiger charge is -2.32. The SMILES string of the molecule is COc1cnc(O[C@@H]2C[C@H]3C(=O)N[C@]4(C(=O)NS(=O)(=O)C5(CF)CC5)C[C@H]4/C=C\CC[C@@H](C)O[C@@H](C)[C@H](NC(=O)O)C(=O)N3C2)c2ccccc12. The number of carbonyl (C=O) groups excluding carboxylic acids is 3. The molecule has 4 N–H and O–H groups in total. The number of aromatic nitrogens is 1. The van der Waals surface area contributed by atoms with Crippen molar-refractivity contribution in [1.82, 2.24) is 25.2 Å². The maximum atomic E-state index is 14.2. The molecule has 276 valence electrons. The maximum Gasteiger partial charge on any atom is 0.405 e. The van der Waals surface area contributed by atoms with Crippen LogP contribution in [0.3, 0.4) is 0 Å². The Kier molecular flexibility index (Phi) is 9.89. The van der Waals surface area contributed by atoms with E-state index in [0.29, 0.717) is 29.4 Å². The van der Waals surface area contributed by atoms with Gasteiger partial charge in [-0.3, -0.25) is 19.1 Å². The fraction of sp³-hybridized carbons (Fsp3) is 0.559. The molecule has 1 aromatic carbocycles. The van der Waals surface area contributed by atoms with E-state index >= 15 is 0 Å². The van der Waals surface area contributed by atoms with Gasteiger partial charge >= 0.3 is 6.09 Å². The molecule has 6 rings (SSSR count). The van der Waals surface area contributed by atoms with Crippen molar-refractivity contribution in [1.29, 1.82) is 0 Å². The molecule has 2 aliphatic carbocycles. The molecule has 2 aromatic rings. The van der Waals surface area contributed by atoms with Crippen molar-refractivity contribution in [3.8, 4) is 11.6 Å². The zero-order valence-electron chi connectivity index (χ0n) is 28.5. The first kappa shape index (κ1) is 36.3. The Morgan fingerprint density at radius 2 is 1.92 bits per heavy atom. The molecule has 7 atom stereocenters. The van der Waals surface area contributed by atoms with Gasteiger partial charge < -0.3 is 34.9 Å². The van der Waals surface area contributed by atoms with E-state index in [1.807, 2.05) is 16.9 Å². The number of allylic oxidation sites excluding steroid dienone is 1. The van der Waals surface area contributed by atoms with Gasteiger partial charge in [0.2, 0.25) is 27.7 Å². The van der Waals surface area contributed by atoms with Crippen LogP contribution in [0.5, 0.6) is 11.6 Å². The van der Waals surface area contributed by atoms with E-state index in [4.69, 9.17) is 14.2 Å². The first-order valence-corrected chi connectivity index (χ1v) is 18.4. The van der Waals surface area contributed by atoms with Crippen molar-refractivity contribution in [2.75, 3.05) is 20.3 Å². The summed E-state index contributed by atoms with van der Waals surface area (Å²) in [4.78, 5) is 59.7. The minimum atomic E-state index is -4.40. The number of halogens is 1. The second-order valence-corrected chi connectivity index (χ2v) is 15.8. The Morgan fingerprint density at radius 3 is 2.59 bits per heavy atom. The number of carboxylic acid groups (broad SMARTS) is 1. The summed E-state index contributed by atoms with van der Waals surface area (Å²) >= 11 is 0. The fourth-order valence-electron chi connectivity index (χ4n) is 6.95. The molecular weight excluding hydrogens is 689 g/mol. The molecule has 15 nitrogen and oxygen atoms in total. The minimum Gasteiger partial charge on any atom is -0.494 e. The number of benzene rings is 1. The molecule has 0 radical (unpaired) electrons. The second kappa shape index (κ2) is 13.9. The Morgan fingerprint density at radius 1 is 1.20 bits per heavy atom. The zero-order chi connectivity index (χ0) is 36.7.